The van der Waals surface area contributed by atoms with E-state index in [0.717, 1.165) is 32.1 Å². The summed E-state index contributed by atoms with van der Waals surface area (Å²) in [5.41, 5.74) is 0. The van der Waals surface area contributed by atoms with Crippen LogP contribution < -0.4 is 0 Å². The van der Waals surface area contributed by atoms with E-state index in [2.05, 4.69) is 62.5 Å². The fourth-order valence-electron chi connectivity index (χ4n) is 6.80. The average molecular weight is 757 g/mol. The highest BCUT2D eigenvalue weighted by Gasteiger charge is 2.13. The van der Waals surface area contributed by atoms with Gasteiger partial charge < -0.3 is 14.6 Å². The van der Waals surface area contributed by atoms with Gasteiger partial charge in [-0.25, -0.2) is 0 Å². The predicted octanol–water partition coefficient (Wildman–Crippen LogP) is 15.8. The van der Waals surface area contributed by atoms with Gasteiger partial charge in [-0.2, -0.15) is 0 Å². The van der Waals surface area contributed by atoms with Crippen LogP contribution in [0.4, 0.5) is 0 Å². The molecule has 0 aromatic rings. The van der Waals surface area contributed by atoms with Crippen molar-refractivity contribution in [2.75, 3.05) is 19.8 Å². The first-order valence-electron chi connectivity index (χ1n) is 23.7. The van der Waals surface area contributed by atoms with Gasteiger partial charge in [0.2, 0.25) is 0 Å². The second kappa shape index (κ2) is 47.5. The number of aliphatic hydroxyl groups excluding tert-OH is 1. The van der Waals surface area contributed by atoms with E-state index < -0.39 is 6.10 Å². The number of carbonyl (C=O) groups excluding carboxylic acids is 1. The maximum Gasteiger partial charge on any atom is 0.306 e. The van der Waals surface area contributed by atoms with Crippen molar-refractivity contribution in [1.29, 1.82) is 0 Å². The first-order valence-corrected chi connectivity index (χ1v) is 23.7. The van der Waals surface area contributed by atoms with E-state index >= 15 is 0 Å². The Hall–Kier alpha value is -1.65. The van der Waals surface area contributed by atoms with Crippen LogP contribution in [-0.4, -0.2) is 37.0 Å². The highest BCUT2D eigenvalue weighted by molar-refractivity contribution is 5.69. The molecular formula is C50H92O4. The lowest BCUT2D eigenvalue weighted by atomic mass is 10.0. The second-order valence-electron chi connectivity index (χ2n) is 15.8. The molecule has 1 unspecified atom stereocenters. The van der Waals surface area contributed by atoms with Gasteiger partial charge in [0, 0.05) is 13.0 Å². The number of ether oxygens (including phenoxy) is 2. The molecule has 0 aromatic carbocycles. The number of allylic oxidation sites excluding steroid dienone is 8. The van der Waals surface area contributed by atoms with Gasteiger partial charge in [0.05, 0.1) is 13.2 Å². The Bertz CT molecular complexity index is 844. The van der Waals surface area contributed by atoms with Gasteiger partial charge >= 0.3 is 5.97 Å². The molecule has 1 atom stereocenters. The van der Waals surface area contributed by atoms with Gasteiger partial charge in [-0.15, -0.1) is 0 Å². The number of rotatable bonds is 44. The highest BCUT2D eigenvalue weighted by atomic mass is 16.6. The summed E-state index contributed by atoms with van der Waals surface area (Å²) in [7, 11) is 0. The van der Waals surface area contributed by atoms with Crippen molar-refractivity contribution in [2.45, 2.75) is 245 Å². The number of carbonyl (C=O) groups is 1. The Morgan fingerprint density at radius 2 is 0.778 bits per heavy atom. The van der Waals surface area contributed by atoms with E-state index in [9.17, 15) is 9.90 Å². The Labute approximate surface area is 337 Å². The van der Waals surface area contributed by atoms with E-state index in [1.165, 1.54) is 186 Å². The molecule has 0 saturated heterocycles. The largest absolute Gasteiger partial charge is 0.457 e. The van der Waals surface area contributed by atoms with Gasteiger partial charge in [-0.3, -0.25) is 4.79 Å². The lowest BCUT2D eigenvalue weighted by molar-refractivity contribution is -0.154. The summed E-state index contributed by atoms with van der Waals surface area (Å²) in [6.45, 7) is 5.33. The minimum Gasteiger partial charge on any atom is -0.457 e. The molecule has 1 N–H and O–H groups in total. The Kier molecular flexibility index (Phi) is 46.0. The van der Waals surface area contributed by atoms with Crippen LogP contribution >= 0.6 is 0 Å². The zero-order valence-electron chi connectivity index (χ0n) is 36.2. The Morgan fingerprint density at radius 3 is 1.17 bits per heavy atom. The molecule has 316 valence electrons. The van der Waals surface area contributed by atoms with E-state index in [-0.39, 0.29) is 12.6 Å². The van der Waals surface area contributed by atoms with Crippen molar-refractivity contribution in [1.82, 2.24) is 0 Å². The minimum atomic E-state index is -0.540. The van der Waals surface area contributed by atoms with Crippen LogP contribution in [0.15, 0.2) is 48.6 Å². The van der Waals surface area contributed by atoms with Crippen LogP contribution in [-0.2, 0) is 14.3 Å². The third kappa shape index (κ3) is 44.7. The van der Waals surface area contributed by atoms with E-state index in [0.29, 0.717) is 19.6 Å². The van der Waals surface area contributed by atoms with Crippen LogP contribution in [0.1, 0.15) is 239 Å². The van der Waals surface area contributed by atoms with Crippen LogP contribution in [0, 0.1) is 0 Å². The first kappa shape index (κ1) is 52.3. The Morgan fingerprint density at radius 1 is 0.444 bits per heavy atom. The summed E-state index contributed by atoms with van der Waals surface area (Å²) >= 11 is 0. The number of aliphatic hydroxyl groups is 1. The van der Waals surface area contributed by atoms with Crippen LogP contribution in [0.2, 0.25) is 0 Å². The third-order valence-electron chi connectivity index (χ3n) is 10.4. The van der Waals surface area contributed by atoms with Crippen LogP contribution in [0.25, 0.3) is 0 Å². The van der Waals surface area contributed by atoms with Crippen molar-refractivity contribution in [3.63, 3.8) is 0 Å². The molecule has 4 heteroatoms. The zero-order chi connectivity index (χ0) is 39.1. The smallest absolute Gasteiger partial charge is 0.306 e. The molecule has 0 aliphatic heterocycles. The van der Waals surface area contributed by atoms with Crippen molar-refractivity contribution in [2.24, 2.45) is 0 Å². The molecule has 0 fully saturated rings. The summed E-state index contributed by atoms with van der Waals surface area (Å²) in [6, 6.07) is 0. The molecule has 0 radical (unpaired) electrons. The summed E-state index contributed by atoms with van der Waals surface area (Å²) in [6.07, 6.45) is 61.8. The topological polar surface area (TPSA) is 55.8 Å². The van der Waals surface area contributed by atoms with Crippen molar-refractivity contribution in [3.8, 4) is 0 Å². The SMILES string of the molecule is CCCCCC/C=C\C/C=C\CCCCCCCCCC(=O)OC(CO)COCCCCCCCCCCCCCC/C=C\C/C=C\CCCCCCC. The lowest BCUT2D eigenvalue weighted by Gasteiger charge is -2.16. The molecule has 0 heterocycles. The third-order valence-corrected chi connectivity index (χ3v) is 10.4. The Balaban J connectivity index is 3.42. The molecule has 0 bridgehead atoms. The van der Waals surface area contributed by atoms with Gasteiger partial charge in [-0.1, -0.05) is 204 Å². The van der Waals surface area contributed by atoms with E-state index in [1.54, 1.807) is 0 Å². The quantitative estimate of drug-likeness (QED) is 0.0382. The highest BCUT2D eigenvalue weighted by Crippen LogP contribution is 2.14. The second-order valence-corrected chi connectivity index (χ2v) is 15.8. The molecule has 54 heavy (non-hydrogen) atoms. The first-order chi connectivity index (χ1) is 26.7. The molecule has 0 amide bonds. The fourth-order valence-corrected chi connectivity index (χ4v) is 6.80. The number of hydrogen-bond acceptors (Lipinski definition) is 4. The number of esters is 1. The average Bonchev–Trinajstić information content (AvgIpc) is 3.18. The molecule has 0 aliphatic carbocycles. The molecule has 0 spiro atoms. The van der Waals surface area contributed by atoms with Gasteiger partial charge in [-0.05, 0) is 77.0 Å². The van der Waals surface area contributed by atoms with Gasteiger partial charge in [0.15, 0.2) is 0 Å². The molecule has 0 saturated carbocycles. The van der Waals surface area contributed by atoms with Gasteiger partial charge in [0.1, 0.15) is 6.10 Å². The van der Waals surface area contributed by atoms with Crippen molar-refractivity contribution >= 4 is 5.97 Å². The van der Waals surface area contributed by atoms with Crippen LogP contribution in [0.5, 0.6) is 0 Å². The standard InChI is InChI=1S/C50H92O4/c1-3-5-7-9-11-13-15-17-19-21-23-24-25-26-27-28-30-32-34-36-38-40-42-44-46-53-48-49(47-51)54-50(52)45-43-41-39-37-35-33-31-29-22-20-18-16-14-12-10-8-6-4-2/h14-17,20-23,49,51H,3-13,18-19,24-48H2,1-2H3/b16-14-,17-15-,22-20-,23-21-. The molecule has 0 aromatic heterocycles. The fraction of sp³-hybridized carbons (Fsp3) is 0.820. The normalized spacial score (nSPS) is 12.7. The number of hydrogen-bond donors (Lipinski definition) is 1. The van der Waals surface area contributed by atoms with Crippen LogP contribution in [0.3, 0.4) is 0 Å². The summed E-state index contributed by atoms with van der Waals surface area (Å²) in [5, 5.41) is 9.63. The number of unbranched alkanes of at least 4 members (excludes halogenated alkanes) is 28. The molecule has 0 rings (SSSR count). The summed E-state index contributed by atoms with van der Waals surface area (Å²) in [5.74, 6) is -0.207. The molecule has 0 aliphatic rings. The maximum absolute atomic E-state index is 12.2. The van der Waals surface area contributed by atoms with E-state index in [1.807, 2.05) is 0 Å². The van der Waals surface area contributed by atoms with Crippen molar-refractivity contribution < 1.29 is 19.4 Å². The zero-order valence-corrected chi connectivity index (χ0v) is 36.2. The molecule has 4 nitrogen and oxygen atoms in total. The van der Waals surface area contributed by atoms with Gasteiger partial charge in [0.25, 0.3) is 0 Å². The predicted molar refractivity (Wildman–Crippen MR) is 237 cm³/mol. The summed E-state index contributed by atoms with van der Waals surface area (Å²) < 4.78 is 11.2. The maximum atomic E-state index is 12.2. The van der Waals surface area contributed by atoms with E-state index in [4.69, 9.17) is 9.47 Å². The minimum absolute atomic E-state index is 0.175. The van der Waals surface area contributed by atoms with Crippen molar-refractivity contribution in [3.05, 3.63) is 48.6 Å². The molecular weight excluding hydrogens is 665 g/mol. The lowest BCUT2D eigenvalue weighted by Crippen LogP contribution is -2.27. The summed E-state index contributed by atoms with van der Waals surface area (Å²) in [4.78, 5) is 12.2. The monoisotopic (exact) mass is 757 g/mol.